The molecule has 19 heavy (non-hydrogen) atoms. The van der Waals surface area contributed by atoms with Gasteiger partial charge in [0.1, 0.15) is 0 Å². The van der Waals surface area contributed by atoms with Gasteiger partial charge in [0, 0.05) is 0 Å². The molecular weight excluding hydrogens is 228 g/mol. The third-order valence-corrected chi connectivity index (χ3v) is 1.72. The van der Waals surface area contributed by atoms with E-state index in [4.69, 9.17) is 0 Å². The summed E-state index contributed by atoms with van der Waals surface area (Å²) >= 11 is 0. The van der Waals surface area contributed by atoms with Crippen molar-refractivity contribution in [2.45, 2.75) is 61.3 Å². The monoisotopic (exact) mass is 264 g/mol. The Morgan fingerprint density at radius 2 is 1.00 bits per heavy atom. The van der Waals surface area contributed by atoms with E-state index in [0.29, 0.717) is 0 Å². The van der Waals surface area contributed by atoms with E-state index >= 15 is 0 Å². The molecule has 0 nitrogen and oxygen atoms in total. The first-order valence-corrected chi connectivity index (χ1v) is 7.22. The highest BCUT2D eigenvalue weighted by Gasteiger charge is 1.79. The van der Waals surface area contributed by atoms with Crippen LogP contribution in [-0.2, 0) is 0 Å². The molecule has 1 rings (SSSR count). The zero-order valence-electron chi connectivity index (χ0n) is 14.4. The highest BCUT2D eigenvalue weighted by atomic mass is 13.9. The first-order valence-electron chi connectivity index (χ1n) is 7.22. The number of unbranched alkanes of at least 4 members (excludes halogenated alkanes) is 1. The Kier molecular flexibility index (Phi) is 41.6. The van der Waals surface area contributed by atoms with Crippen molar-refractivity contribution < 1.29 is 0 Å². The van der Waals surface area contributed by atoms with Gasteiger partial charge in [0.05, 0.1) is 0 Å². The number of hydrogen-bond acceptors (Lipinski definition) is 0. The molecule has 0 spiro atoms. The minimum atomic E-state index is 1.32. The summed E-state index contributed by atoms with van der Waals surface area (Å²) in [6.45, 7) is 23.8. The Morgan fingerprint density at radius 1 is 0.842 bits per heavy atom. The van der Waals surface area contributed by atoms with Crippen molar-refractivity contribution in [3.05, 3.63) is 61.2 Å². The molecule has 0 saturated carbocycles. The normalized spacial score (nSPS) is 6.68. The lowest BCUT2D eigenvalue weighted by atomic mass is 10.2. The van der Waals surface area contributed by atoms with Crippen molar-refractivity contribution >= 4 is 0 Å². The number of allylic oxidation sites excluding steroid dienone is 1. The first-order chi connectivity index (χ1) is 9.12. The predicted octanol–water partition coefficient (Wildman–Crippen LogP) is 7.13. The topological polar surface area (TPSA) is 0 Å². The lowest BCUT2D eigenvalue weighted by molar-refractivity contribution is 0.886. The molecule has 0 aliphatic rings. The molecule has 0 N–H and O–H groups in total. The second-order valence-corrected chi connectivity index (χ2v) is 3.56. The van der Waals surface area contributed by atoms with Gasteiger partial charge in [0.2, 0.25) is 0 Å². The highest BCUT2D eigenvalue weighted by molar-refractivity contribution is 5.19. The average molecular weight is 264 g/mol. The van der Waals surface area contributed by atoms with Gasteiger partial charge in [0.25, 0.3) is 0 Å². The molecule has 0 radical (unpaired) electrons. The lowest BCUT2D eigenvalue weighted by Gasteiger charge is -1.90. The molecule has 0 heterocycles. The van der Waals surface area contributed by atoms with Crippen LogP contribution in [0.5, 0.6) is 0 Å². The van der Waals surface area contributed by atoms with E-state index in [1.165, 1.54) is 24.0 Å². The van der Waals surface area contributed by atoms with E-state index in [-0.39, 0.29) is 0 Å². The number of hydrogen-bond donors (Lipinski definition) is 0. The molecule has 112 valence electrons. The minimum Gasteiger partial charge on any atom is -0.106 e. The van der Waals surface area contributed by atoms with Crippen LogP contribution in [0.15, 0.2) is 50.1 Å². The SMILES string of the molecule is C=C.C=CC.CC.CCCC.Cc1ccc(C)cc1. The quantitative estimate of drug-likeness (QED) is 0.473. The van der Waals surface area contributed by atoms with E-state index in [1.54, 1.807) is 6.08 Å². The van der Waals surface area contributed by atoms with Gasteiger partial charge in [0.15, 0.2) is 0 Å². The summed E-state index contributed by atoms with van der Waals surface area (Å²) < 4.78 is 0. The fourth-order valence-corrected chi connectivity index (χ4v) is 0.637. The van der Waals surface area contributed by atoms with Crippen LogP contribution >= 0.6 is 0 Å². The summed E-state index contributed by atoms with van der Waals surface area (Å²) in [4.78, 5) is 0. The maximum absolute atomic E-state index is 3.36. The number of rotatable bonds is 1. The highest BCUT2D eigenvalue weighted by Crippen LogP contribution is 1.99. The van der Waals surface area contributed by atoms with Gasteiger partial charge in [-0.3, -0.25) is 0 Å². The van der Waals surface area contributed by atoms with Crippen molar-refractivity contribution in [3.8, 4) is 0 Å². The van der Waals surface area contributed by atoms with Crippen LogP contribution in [0.3, 0.4) is 0 Å². The molecule has 0 bridgehead atoms. The summed E-state index contributed by atoms with van der Waals surface area (Å²) in [6, 6.07) is 8.48. The zero-order valence-corrected chi connectivity index (χ0v) is 14.4. The van der Waals surface area contributed by atoms with Crippen LogP contribution in [0.1, 0.15) is 58.6 Å². The zero-order chi connectivity index (χ0) is 16.1. The second-order valence-electron chi connectivity index (χ2n) is 3.56. The Hall–Kier alpha value is -1.30. The maximum Gasteiger partial charge on any atom is -0.0398 e. The molecule has 1 aromatic rings. The molecule has 0 fully saturated rings. The summed E-state index contributed by atoms with van der Waals surface area (Å²) in [5.74, 6) is 0. The fraction of sp³-hybridized carbons (Fsp3) is 0.474. The molecule has 1 aromatic carbocycles. The molecule has 0 aromatic heterocycles. The number of aryl methyl sites for hydroxylation is 2. The Balaban J connectivity index is -0.0000000877. The molecule has 0 atom stereocenters. The van der Waals surface area contributed by atoms with Crippen molar-refractivity contribution in [2.75, 3.05) is 0 Å². The predicted molar refractivity (Wildman–Crippen MR) is 95.0 cm³/mol. The van der Waals surface area contributed by atoms with E-state index < -0.39 is 0 Å². The number of benzene rings is 1. The molecule has 0 amide bonds. The fourth-order valence-electron chi connectivity index (χ4n) is 0.637. The van der Waals surface area contributed by atoms with Crippen molar-refractivity contribution in [3.63, 3.8) is 0 Å². The Labute approximate surface area is 123 Å². The van der Waals surface area contributed by atoms with E-state index in [1.807, 2.05) is 20.8 Å². The van der Waals surface area contributed by atoms with Gasteiger partial charge in [-0.05, 0) is 20.8 Å². The Morgan fingerprint density at radius 3 is 1.11 bits per heavy atom. The van der Waals surface area contributed by atoms with Gasteiger partial charge in [-0.1, -0.05) is 82.0 Å². The van der Waals surface area contributed by atoms with Crippen LogP contribution in [0.25, 0.3) is 0 Å². The van der Waals surface area contributed by atoms with Gasteiger partial charge in [-0.25, -0.2) is 0 Å². The van der Waals surface area contributed by atoms with Crippen LogP contribution in [-0.4, -0.2) is 0 Å². The molecule has 0 aliphatic heterocycles. The third-order valence-electron chi connectivity index (χ3n) is 1.72. The van der Waals surface area contributed by atoms with Gasteiger partial charge < -0.3 is 0 Å². The van der Waals surface area contributed by atoms with Gasteiger partial charge in [-0.2, -0.15) is 0 Å². The standard InChI is InChI=1S/C8H10.C4H10.C3H6.C2H6.C2H4/c1-7-3-5-8(2)6-4-7;1-3-4-2;1-3-2;2*1-2/h3-6H,1-2H3;3-4H2,1-2H3;3H,1H2,2H3;1-2H3;1-2H2. The van der Waals surface area contributed by atoms with Crippen molar-refractivity contribution in [1.29, 1.82) is 0 Å². The van der Waals surface area contributed by atoms with E-state index in [0.717, 1.165) is 0 Å². The van der Waals surface area contributed by atoms with Gasteiger partial charge >= 0.3 is 0 Å². The molecule has 0 aliphatic carbocycles. The molecular formula is C19H36. The van der Waals surface area contributed by atoms with Crippen molar-refractivity contribution in [2.24, 2.45) is 0 Å². The first kappa shape index (κ1) is 26.3. The minimum absolute atomic E-state index is 1.32. The maximum atomic E-state index is 3.36. The van der Waals surface area contributed by atoms with E-state index in [2.05, 4.69) is 71.7 Å². The molecule has 0 saturated heterocycles. The van der Waals surface area contributed by atoms with Crippen LogP contribution in [0.2, 0.25) is 0 Å². The van der Waals surface area contributed by atoms with Crippen LogP contribution in [0.4, 0.5) is 0 Å². The largest absolute Gasteiger partial charge is 0.106 e. The van der Waals surface area contributed by atoms with Crippen molar-refractivity contribution in [1.82, 2.24) is 0 Å². The summed E-state index contributed by atoms with van der Waals surface area (Å²) in [5, 5.41) is 0. The third kappa shape index (κ3) is 38.4. The summed E-state index contributed by atoms with van der Waals surface area (Å²) in [6.07, 6.45) is 4.39. The van der Waals surface area contributed by atoms with Gasteiger partial charge in [-0.15, -0.1) is 19.7 Å². The molecule has 0 unspecified atom stereocenters. The van der Waals surface area contributed by atoms with Crippen LogP contribution in [0, 0.1) is 13.8 Å². The summed E-state index contributed by atoms with van der Waals surface area (Å²) in [5.41, 5.74) is 2.66. The summed E-state index contributed by atoms with van der Waals surface area (Å²) in [7, 11) is 0. The van der Waals surface area contributed by atoms with Crippen LogP contribution < -0.4 is 0 Å². The smallest absolute Gasteiger partial charge is 0.0398 e. The molecule has 0 heteroatoms. The lowest BCUT2D eigenvalue weighted by Crippen LogP contribution is -1.70. The second kappa shape index (κ2) is 30.1. The van der Waals surface area contributed by atoms with E-state index in [9.17, 15) is 0 Å². The Bertz CT molecular complexity index is 208. The average Bonchev–Trinajstić information content (AvgIpc) is 2.47.